The van der Waals surface area contributed by atoms with Gasteiger partial charge in [-0.2, -0.15) is 0 Å². The van der Waals surface area contributed by atoms with Crippen LogP contribution in [0.15, 0.2) is 60.7 Å². The second-order valence-corrected chi connectivity index (χ2v) is 27.0. The Morgan fingerprint density at radius 2 is 0.667 bits per heavy atom. The zero-order valence-corrected chi connectivity index (χ0v) is 33.0. The molecular weight excluding hydrogens is 623 g/mol. The predicted molar refractivity (Wildman–Crippen MR) is 212 cm³/mol. The van der Waals surface area contributed by atoms with E-state index in [2.05, 4.69) is 130 Å². The summed E-state index contributed by atoms with van der Waals surface area (Å²) in [6, 6.07) is 18.6. The molecule has 0 aliphatic carbocycles. The molecule has 0 aliphatic rings. The predicted octanol–water partition coefficient (Wildman–Crippen LogP) is 13.7. The van der Waals surface area contributed by atoms with Gasteiger partial charge in [-0.3, -0.25) is 0 Å². The minimum atomic E-state index is -2.11. The van der Waals surface area contributed by atoms with Crippen LogP contribution in [0.3, 0.4) is 0 Å². The van der Waals surface area contributed by atoms with Crippen LogP contribution in [0, 0.1) is 34.6 Å². The monoisotopic (exact) mass is 674 g/mol. The summed E-state index contributed by atoms with van der Waals surface area (Å²) in [4.78, 5) is 0. The van der Waals surface area contributed by atoms with Gasteiger partial charge in [0.25, 0.3) is 0 Å². The van der Waals surface area contributed by atoms with E-state index in [-0.39, 0.29) is 11.6 Å². The highest BCUT2D eigenvalue weighted by Crippen LogP contribution is 2.44. The third-order valence-electron chi connectivity index (χ3n) is 11.5. The lowest BCUT2D eigenvalue weighted by atomic mass is 9.89. The van der Waals surface area contributed by atoms with Crippen molar-refractivity contribution < 1.29 is 8.78 Å². The average Bonchev–Trinajstić information content (AvgIpc) is 2.99. The molecule has 0 radical (unpaired) electrons. The first kappa shape index (κ1) is 35.9. The lowest BCUT2D eigenvalue weighted by molar-refractivity contribution is 0.629. The van der Waals surface area contributed by atoms with Crippen molar-refractivity contribution in [2.24, 2.45) is 0 Å². The van der Waals surface area contributed by atoms with E-state index in [9.17, 15) is 8.78 Å². The van der Waals surface area contributed by atoms with Crippen LogP contribution < -0.4 is 0 Å². The van der Waals surface area contributed by atoms with Gasteiger partial charge in [0.05, 0.1) is 0 Å². The topological polar surface area (TPSA) is 0 Å². The Labute approximate surface area is 289 Å². The van der Waals surface area contributed by atoms with Gasteiger partial charge >= 0.3 is 0 Å². The fraction of sp³-hybridized carbons (Fsp3) is 0.409. The first-order valence-electron chi connectivity index (χ1n) is 17.8. The summed E-state index contributed by atoms with van der Waals surface area (Å²) in [5, 5.41) is 7.69. The molecular formula is C44H52F2Si2. The van der Waals surface area contributed by atoms with Crippen LogP contribution in [0.4, 0.5) is 8.78 Å². The molecule has 5 aromatic carbocycles. The third kappa shape index (κ3) is 6.01. The normalized spacial score (nSPS) is 12.8. The first-order chi connectivity index (χ1) is 22.5. The second-order valence-electron chi connectivity index (χ2n) is 15.8. The molecule has 0 saturated heterocycles. The number of rotatable bonds is 6. The van der Waals surface area contributed by atoms with E-state index in [1.54, 1.807) is 12.1 Å². The maximum absolute atomic E-state index is 14.7. The van der Waals surface area contributed by atoms with Gasteiger partial charge in [-0.05, 0) is 125 Å². The molecule has 0 amide bonds. The highest BCUT2D eigenvalue weighted by atomic mass is 28.3. The summed E-state index contributed by atoms with van der Waals surface area (Å²) in [5.74, 6) is 7.14. The van der Waals surface area contributed by atoms with E-state index >= 15 is 0 Å². The van der Waals surface area contributed by atoms with Crippen molar-refractivity contribution in [1.82, 2.24) is 0 Å². The highest BCUT2D eigenvalue weighted by molar-refractivity contribution is 6.91. The van der Waals surface area contributed by atoms with Crippen molar-refractivity contribution in [3.05, 3.63) is 83.4 Å². The minimum absolute atomic E-state index is 0.260. The Morgan fingerprint density at radius 3 is 0.938 bits per heavy atom. The number of fused-ring (bicyclic) bond motifs is 4. The molecule has 0 heterocycles. The summed E-state index contributed by atoms with van der Waals surface area (Å²) >= 11 is 0. The molecule has 0 aromatic heterocycles. The molecule has 5 aromatic rings. The molecule has 0 unspecified atom stereocenters. The van der Waals surface area contributed by atoms with Crippen LogP contribution in [0.5, 0.6) is 0 Å². The molecule has 0 aliphatic heterocycles. The maximum atomic E-state index is 14.7. The molecule has 5 rings (SSSR count). The molecule has 0 N–H and O–H groups in total. The Morgan fingerprint density at radius 1 is 0.396 bits per heavy atom. The molecule has 0 atom stereocenters. The average molecular weight is 675 g/mol. The minimum Gasteiger partial charge on any atom is -0.207 e. The third-order valence-corrected chi connectivity index (χ3v) is 24.1. The van der Waals surface area contributed by atoms with Gasteiger partial charge in [0.15, 0.2) is 0 Å². The van der Waals surface area contributed by atoms with Crippen LogP contribution in [0.25, 0.3) is 43.1 Å². The van der Waals surface area contributed by atoms with E-state index in [1.807, 2.05) is 12.1 Å². The number of hydrogen-bond acceptors (Lipinski definition) is 0. The van der Waals surface area contributed by atoms with Crippen LogP contribution in [0.1, 0.15) is 94.2 Å². The molecule has 0 fully saturated rings. The molecule has 0 bridgehead atoms. The fourth-order valence-electron chi connectivity index (χ4n) is 9.13. The van der Waals surface area contributed by atoms with Crippen LogP contribution >= 0.6 is 0 Å². The lowest BCUT2D eigenvalue weighted by Gasteiger charge is -2.38. The lowest BCUT2D eigenvalue weighted by Crippen LogP contribution is -2.43. The molecule has 48 heavy (non-hydrogen) atoms. The molecule has 0 nitrogen and oxygen atoms in total. The van der Waals surface area contributed by atoms with Crippen molar-refractivity contribution in [2.75, 3.05) is 0 Å². The molecule has 0 spiro atoms. The van der Waals surface area contributed by atoms with Crippen molar-refractivity contribution >= 4 is 59.2 Å². The second kappa shape index (κ2) is 13.5. The summed E-state index contributed by atoms with van der Waals surface area (Å²) in [6.07, 6.45) is 0. The fourth-order valence-corrected chi connectivity index (χ4v) is 19.5. The van der Waals surface area contributed by atoms with Crippen LogP contribution in [0.2, 0.25) is 33.2 Å². The summed E-state index contributed by atoms with van der Waals surface area (Å²) < 4.78 is 29.3. The van der Waals surface area contributed by atoms with Crippen LogP contribution in [-0.2, 0) is 0 Å². The van der Waals surface area contributed by atoms with Gasteiger partial charge in [-0.1, -0.05) is 107 Å². The largest absolute Gasteiger partial charge is 0.207 e. The number of hydrogen-bond donors (Lipinski definition) is 0. The Hall–Kier alpha value is -3.45. The van der Waals surface area contributed by atoms with Crippen molar-refractivity contribution in [3.63, 3.8) is 0 Å². The Balaban J connectivity index is 2.05. The molecule has 4 heteroatoms. The smallest absolute Gasteiger partial charge is 0.146 e. The van der Waals surface area contributed by atoms with Gasteiger partial charge in [0.2, 0.25) is 0 Å². The summed E-state index contributed by atoms with van der Waals surface area (Å²) in [6.45, 7) is 28.0. The van der Waals surface area contributed by atoms with Gasteiger partial charge in [0.1, 0.15) is 27.8 Å². The van der Waals surface area contributed by atoms with Gasteiger partial charge < -0.3 is 0 Å². The zero-order chi connectivity index (χ0) is 35.3. The quantitative estimate of drug-likeness (QED) is 0.0955. The van der Waals surface area contributed by atoms with E-state index < -0.39 is 16.1 Å². The zero-order valence-electron chi connectivity index (χ0n) is 31.0. The Kier molecular flexibility index (Phi) is 10.1. The highest BCUT2D eigenvalue weighted by Gasteiger charge is 2.43. The standard InChI is InChI=1S/C44H52F2Si2/c1-27(2)47(28(3)4,29(5)6)19-17-39-41-23-33-13-15-37(45)21-35(33)25-43(41)40(18-20-48(30(7)8,31(9)10)32(11)12)44-26-36-22-38(46)16-14-34(36)24-42(39)44/h13-16,21-32H,1-12H3. The van der Waals surface area contributed by atoms with E-state index in [4.69, 9.17) is 0 Å². The van der Waals surface area contributed by atoms with Crippen molar-refractivity contribution in [1.29, 1.82) is 0 Å². The van der Waals surface area contributed by atoms with Gasteiger partial charge in [0, 0.05) is 11.1 Å². The van der Waals surface area contributed by atoms with Gasteiger partial charge in [-0.15, -0.1) is 11.1 Å². The van der Waals surface area contributed by atoms with E-state index in [0.717, 1.165) is 54.2 Å². The summed E-state index contributed by atoms with van der Waals surface area (Å²) in [5.41, 5.74) is 12.8. The number of halogens is 2. The van der Waals surface area contributed by atoms with E-state index in [1.165, 1.54) is 12.1 Å². The summed E-state index contributed by atoms with van der Waals surface area (Å²) in [7, 11) is -4.19. The molecule has 0 saturated carbocycles. The molecule has 250 valence electrons. The number of benzene rings is 5. The van der Waals surface area contributed by atoms with Gasteiger partial charge in [-0.25, -0.2) is 8.78 Å². The SMILES string of the molecule is CC(C)[Si](C#Cc1c2cc3ccc(F)cc3cc2c(C#C[Si](C(C)C)(C(C)C)C(C)C)c2cc3cc(F)ccc3cc12)(C(C)C)C(C)C. The van der Waals surface area contributed by atoms with Crippen molar-refractivity contribution in [3.8, 4) is 22.9 Å². The maximum Gasteiger partial charge on any atom is 0.146 e. The van der Waals surface area contributed by atoms with Crippen LogP contribution in [-0.4, -0.2) is 16.1 Å². The first-order valence-corrected chi connectivity index (χ1v) is 22.3. The Bertz CT molecular complexity index is 2000. The van der Waals surface area contributed by atoms with E-state index in [0.29, 0.717) is 33.2 Å². The van der Waals surface area contributed by atoms with Crippen molar-refractivity contribution in [2.45, 2.75) is 116 Å².